The van der Waals surface area contributed by atoms with Crippen LogP contribution in [0.5, 0.6) is 0 Å². The standard InChI is InChI=1S/C14H21BN2O2/c1-10-11(8-12(16)9-17-10)6-7-15-18-13(2,3)14(4,5)19-15/h6-9H,16H2,1-5H3/b7-6+. The van der Waals surface area contributed by atoms with E-state index in [9.17, 15) is 0 Å². The summed E-state index contributed by atoms with van der Waals surface area (Å²) in [6.07, 6.45) is 3.60. The Bertz CT molecular complexity index is 496. The highest BCUT2D eigenvalue weighted by Gasteiger charge is 2.49. The van der Waals surface area contributed by atoms with E-state index in [0.717, 1.165) is 11.3 Å². The Hall–Kier alpha value is -1.33. The first-order valence-electron chi connectivity index (χ1n) is 6.47. The molecule has 2 N–H and O–H groups in total. The Morgan fingerprint density at radius 1 is 1.21 bits per heavy atom. The Kier molecular flexibility index (Phi) is 3.45. The van der Waals surface area contributed by atoms with E-state index in [1.807, 2.05) is 52.7 Å². The van der Waals surface area contributed by atoms with Crippen molar-refractivity contribution in [1.82, 2.24) is 4.98 Å². The largest absolute Gasteiger partial charge is 0.487 e. The minimum atomic E-state index is -0.342. The number of hydrogen-bond acceptors (Lipinski definition) is 4. The van der Waals surface area contributed by atoms with Gasteiger partial charge in [0.1, 0.15) is 0 Å². The molecule has 4 nitrogen and oxygen atoms in total. The van der Waals surface area contributed by atoms with Crippen molar-refractivity contribution >= 4 is 18.9 Å². The zero-order valence-electron chi connectivity index (χ0n) is 12.2. The Morgan fingerprint density at radius 3 is 2.37 bits per heavy atom. The maximum atomic E-state index is 5.90. The van der Waals surface area contributed by atoms with Gasteiger partial charge in [-0.1, -0.05) is 12.1 Å². The van der Waals surface area contributed by atoms with E-state index in [1.54, 1.807) is 6.20 Å². The number of nitrogens with two attached hydrogens (primary N) is 1. The third kappa shape index (κ3) is 2.82. The van der Waals surface area contributed by atoms with E-state index in [-0.39, 0.29) is 18.3 Å². The van der Waals surface area contributed by atoms with Crippen molar-refractivity contribution in [2.24, 2.45) is 0 Å². The van der Waals surface area contributed by atoms with Gasteiger partial charge < -0.3 is 15.0 Å². The van der Waals surface area contributed by atoms with E-state index in [1.165, 1.54) is 0 Å². The SMILES string of the molecule is Cc1ncc(N)cc1/C=C/B1OC(C)(C)C(C)(C)O1. The first-order valence-corrected chi connectivity index (χ1v) is 6.47. The van der Waals surface area contributed by atoms with Crippen molar-refractivity contribution in [1.29, 1.82) is 0 Å². The lowest BCUT2D eigenvalue weighted by atomic mass is 9.89. The average molecular weight is 260 g/mol. The molecule has 0 radical (unpaired) electrons. The van der Waals surface area contributed by atoms with Crippen molar-refractivity contribution in [3.8, 4) is 0 Å². The molecule has 1 aromatic rings. The Labute approximate surface area is 115 Å². The normalized spacial score (nSPS) is 21.2. The van der Waals surface area contributed by atoms with Gasteiger partial charge in [-0.15, -0.1) is 0 Å². The summed E-state index contributed by atoms with van der Waals surface area (Å²) >= 11 is 0. The van der Waals surface area contributed by atoms with Gasteiger partial charge in [-0.05, 0) is 46.2 Å². The number of aromatic nitrogens is 1. The van der Waals surface area contributed by atoms with Crippen molar-refractivity contribution in [3.05, 3.63) is 29.5 Å². The number of nitrogen functional groups attached to an aromatic ring is 1. The molecule has 0 spiro atoms. The highest BCUT2D eigenvalue weighted by molar-refractivity contribution is 6.52. The predicted octanol–water partition coefficient (Wildman–Crippen LogP) is 2.62. The summed E-state index contributed by atoms with van der Waals surface area (Å²) in [4.78, 5) is 4.22. The van der Waals surface area contributed by atoms with Crippen LogP contribution in [0.15, 0.2) is 18.2 Å². The molecule has 1 aliphatic rings. The molecule has 1 aliphatic heterocycles. The van der Waals surface area contributed by atoms with Crippen molar-refractivity contribution in [2.75, 3.05) is 5.73 Å². The Morgan fingerprint density at radius 2 is 1.79 bits per heavy atom. The van der Waals surface area contributed by atoms with Crippen LogP contribution in [-0.2, 0) is 9.31 Å². The van der Waals surface area contributed by atoms with Crippen LogP contribution in [0.2, 0.25) is 0 Å². The van der Waals surface area contributed by atoms with Gasteiger partial charge in [0.05, 0.1) is 23.1 Å². The third-order valence-electron chi connectivity index (χ3n) is 3.85. The van der Waals surface area contributed by atoms with Crippen LogP contribution < -0.4 is 5.73 Å². The monoisotopic (exact) mass is 260 g/mol. The van der Waals surface area contributed by atoms with E-state index >= 15 is 0 Å². The van der Waals surface area contributed by atoms with Gasteiger partial charge in [-0.25, -0.2) is 0 Å². The molecule has 0 aliphatic carbocycles. The highest BCUT2D eigenvalue weighted by Crippen LogP contribution is 2.37. The number of hydrogen-bond donors (Lipinski definition) is 1. The molecular weight excluding hydrogens is 239 g/mol. The quantitative estimate of drug-likeness (QED) is 0.830. The summed E-state index contributed by atoms with van der Waals surface area (Å²) < 4.78 is 11.8. The molecule has 19 heavy (non-hydrogen) atoms. The van der Waals surface area contributed by atoms with Gasteiger partial charge in [-0.3, -0.25) is 4.98 Å². The fraction of sp³-hybridized carbons (Fsp3) is 0.500. The van der Waals surface area contributed by atoms with Gasteiger partial charge >= 0.3 is 7.12 Å². The number of nitrogens with zero attached hydrogens (tertiary/aromatic N) is 1. The number of rotatable bonds is 2. The molecule has 1 aromatic heterocycles. The highest BCUT2D eigenvalue weighted by atomic mass is 16.7. The van der Waals surface area contributed by atoms with Crippen molar-refractivity contribution < 1.29 is 9.31 Å². The molecule has 0 saturated carbocycles. The first kappa shape index (κ1) is 14.1. The van der Waals surface area contributed by atoms with Gasteiger partial charge in [0.2, 0.25) is 0 Å². The smallest absolute Gasteiger partial charge is 0.400 e. The fourth-order valence-electron chi connectivity index (χ4n) is 1.89. The average Bonchev–Trinajstić information content (AvgIpc) is 2.49. The van der Waals surface area contributed by atoms with E-state index in [0.29, 0.717) is 5.69 Å². The zero-order valence-corrected chi connectivity index (χ0v) is 12.2. The number of aryl methyl sites for hydroxylation is 1. The van der Waals surface area contributed by atoms with Crippen LogP contribution in [0.4, 0.5) is 5.69 Å². The molecule has 0 unspecified atom stereocenters. The summed E-state index contributed by atoms with van der Waals surface area (Å²) in [6, 6.07) is 1.89. The maximum absolute atomic E-state index is 5.90. The summed E-state index contributed by atoms with van der Waals surface area (Å²) in [5, 5.41) is 0. The van der Waals surface area contributed by atoms with Crippen LogP contribution in [0, 0.1) is 6.92 Å². The molecule has 1 saturated heterocycles. The molecule has 0 bridgehead atoms. The lowest BCUT2D eigenvalue weighted by Crippen LogP contribution is -2.41. The topological polar surface area (TPSA) is 57.4 Å². The van der Waals surface area contributed by atoms with E-state index in [4.69, 9.17) is 15.0 Å². The van der Waals surface area contributed by atoms with Gasteiger partial charge in [0.15, 0.2) is 0 Å². The van der Waals surface area contributed by atoms with Gasteiger partial charge in [0.25, 0.3) is 0 Å². The molecule has 0 amide bonds. The minimum Gasteiger partial charge on any atom is -0.400 e. The van der Waals surface area contributed by atoms with Crippen LogP contribution in [0.25, 0.3) is 6.08 Å². The third-order valence-corrected chi connectivity index (χ3v) is 3.85. The van der Waals surface area contributed by atoms with Crippen molar-refractivity contribution in [3.63, 3.8) is 0 Å². The summed E-state index contributed by atoms with van der Waals surface area (Å²) in [7, 11) is -0.342. The lowest BCUT2D eigenvalue weighted by molar-refractivity contribution is 0.00578. The fourth-order valence-corrected chi connectivity index (χ4v) is 1.89. The second-order valence-corrected chi connectivity index (χ2v) is 5.93. The van der Waals surface area contributed by atoms with Crippen molar-refractivity contribution in [2.45, 2.75) is 45.8 Å². The molecule has 0 atom stereocenters. The maximum Gasteiger partial charge on any atom is 0.487 e. The van der Waals surface area contributed by atoms with Crippen LogP contribution in [-0.4, -0.2) is 23.3 Å². The second-order valence-electron chi connectivity index (χ2n) is 5.93. The molecule has 0 aromatic carbocycles. The molecule has 2 rings (SSSR count). The second kappa shape index (κ2) is 4.65. The van der Waals surface area contributed by atoms with Crippen LogP contribution >= 0.6 is 0 Å². The predicted molar refractivity (Wildman–Crippen MR) is 78.5 cm³/mol. The molecule has 2 heterocycles. The number of pyridine rings is 1. The molecule has 102 valence electrons. The molecular formula is C14H21BN2O2. The van der Waals surface area contributed by atoms with Gasteiger partial charge in [-0.2, -0.15) is 0 Å². The zero-order chi connectivity index (χ0) is 14.3. The summed E-state index contributed by atoms with van der Waals surface area (Å²) in [5.74, 6) is 1.90. The lowest BCUT2D eigenvalue weighted by Gasteiger charge is -2.32. The minimum absolute atomic E-state index is 0.314. The van der Waals surface area contributed by atoms with E-state index < -0.39 is 0 Å². The Balaban J connectivity index is 2.15. The summed E-state index contributed by atoms with van der Waals surface area (Å²) in [5.41, 5.74) is 7.68. The van der Waals surface area contributed by atoms with E-state index in [2.05, 4.69) is 4.98 Å². The molecule has 5 heteroatoms. The van der Waals surface area contributed by atoms with Crippen LogP contribution in [0.1, 0.15) is 39.0 Å². The van der Waals surface area contributed by atoms with Crippen LogP contribution in [0.3, 0.4) is 0 Å². The first-order chi connectivity index (χ1) is 8.71. The summed E-state index contributed by atoms with van der Waals surface area (Å²) in [6.45, 7) is 10.1. The van der Waals surface area contributed by atoms with Gasteiger partial charge in [0, 0.05) is 5.69 Å². The number of anilines is 1. The molecule has 1 fully saturated rings.